The number of hydrogen-bond donors (Lipinski definition) is 2. The molecule has 2 unspecified atom stereocenters. The first-order chi connectivity index (χ1) is 11.6. The number of aliphatic imine (C=N–C) groups is 1. The van der Waals surface area contributed by atoms with E-state index in [1.807, 2.05) is 11.7 Å². The largest absolute Gasteiger partial charge is 0.357 e. The summed E-state index contributed by atoms with van der Waals surface area (Å²) in [7, 11) is 2.00. The minimum Gasteiger partial charge on any atom is -0.357 e. The van der Waals surface area contributed by atoms with Gasteiger partial charge in [-0.1, -0.05) is 32.1 Å². The van der Waals surface area contributed by atoms with Crippen LogP contribution >= 0.6 is 0 Å². The van der Waals surface area contributed by atoms with Crippen LogP contribution in [-0.2, 0) is 13.6 Å². The van der Waals surface area contributed by atoms with Crippen LogP contribution < -0.4 is 10.6 Å². The summed E-state index contributed by atoms with van der Waals surface area (Å²) in [5.74, 6) is 2.78. The zero-order chi connectivity index (χ0) is 17.1. The molecule has 0 aromatic carbocycles. The molecular formula is C19H33N5. The molecule has 2 N–H and O–H groups in total. The Morgan fingerprint density at radius 2 is 2.00 bits per heavy atom. The second-order valence-corrected chi connectivity index (χ2v) is 7.52. The van der Waals surface area contributed by atoms with Gasteiger partial charge in [0.05, 0.1) is 12.2 Å². The fourth-order valence-electron chi connectivity index (χ4n) is 4.16. The molecule has 0 spiro atoms. The smallest absolute Gasteiger partial charge is 0.191 e. The highest BCUT2D eigenvalue weighted by molar-refractivity contribution is 5.80. The molecule has 24 heavy (non-hydrogen) atoms. The maximum Gasteiger partial charge on any atom is 0.191 e. The molecule has 3 rings (SSSR count). The van der Waals surface area contributed by atoms with Gasteiger partial charge in [0.15, 0.2) is 5.96 Å². The average Bonchev–Trinajstić information content (AvgIpc) is 3.29. The minimum absolute atomic E-state index is 0.627. The van der Waals surface area contributed by atoms with Gasteiger partial charge in [-0.25, -0.2) is 4.99 Å². The molecule has 2 atom stereocenters. The van der Waals surface area contributed by atoms with E-state index in [4.69, 9.17) is 4.99 Å². The first kappa shape index (κ1) is 17.3. The molecule has 0 saturated heterocycles. The standard InChI is InChI=1S/C19H33N5/c1-5-20-19(21-12-17-13(2)23-24(4)14(17)3)22-18-11-16(18)15-9-7-6-8-10-15/h15-16,18H,5-12H2,1-4H3,(H2,20,21,22). The Kier molecular flexibility index (Phi) is 5.47. The lowest BCUT2D eigenvalue weighted by Gasteiger charge is -2.22. The highest BCUT2D eigenvalue weighted by Crippen LogP contribution is 2.44. The summed E-state index contributed by atoms with van der Waals surface area (Å²) < 4.78 is 1.94. The van der Waals surface area contributed by atoms with Gasteiger partial charge in [0.25, 0.3) is 0 Å². The van der Waals surface area contributed by atoms with Crippen LogP contribution in [0.2, 0.25) is 0 Å². The Balaban J connectivity index is 1.58. The highest BCUT2D eigenvalue weighted by atomic mass is 15.3. The molecule has 1 aromatic rings. The van der Waals surface area contributed by atoms with E-state index >= 15 is 0 Å². The van der Waals surface area contributed by atoms with Crippen LogP contribution in [0.15, 0.2) is 4.99 Å². The molecule has 0 aliphatic heterocycles. The lowest BCUT2D eigenvalue weighted by atomic mass is 9.85. The summed E-state index contributed by atoms with van der Waals surface area (Å²) >= 11 is 0. The first-order valence-electron chi connectivity index (χ1n) is 9.64. The van der Waals surface area contributed by atoms with Crippen molar-refractivity contribution in [1.82, 2.24) is 20.4 Å². The van der Waals surface area contributed by atoms with Gasteiger partial charge in [-0.05, 0) is 39.0 Å². The molecule has 2 saturated carbocycles. The van der Waals surface area contributed by atoms with E-state index < -0.39 is 0 Å². The number of nitrogens with zero attached hydrogens (tertiary/aromatic N) is 3. The van der Waals surface area contributed by atoms with Crippen molar-refractivity contribution in [2.24, 2.45) is 23.9 Å². The van der Waals surface area contributed by atoms with Crippen LogP contribution in [0.1, 0.15) is 62.4 Å². The molecule has 1 aromatic heterocycles. The predicted octanol–water partition coefficient (Wildman–Crippen LogP) is 3.06. The van der Waals surface area contributed by atoms with Crippen molar-refractivity contribution in [1.29, 1.82) is 0 Å². The third-order valence-electron chi connectivity index (χ3n) is 5.82. The Hall–Kier alpha value is -1.52. The molecule has 2 aliphatic rings. The van der Waals surface area contributed by atoms with Crippen molar-refractivity contribution in [2.45, 2.75) is 71.9 Å². The summed E-state index contributed by atoms with van der Waals surface area (Å²) in [5, 5.41) is 11.6. The van der Waals surface area contributed by atoms with Crippen molar-refractivity contribution < 1.29 is 0 Å². The van der Waals surface area contributed by atoms with E-state index in [2.05, 4.69) is 36.5 Å². The average molecular weight is 332 g/mol. The number of aryl methyl sites for hydroxylation is 2. The van der Waals surface area contributed by atoms with Gasteiger partial charge >= 0.3 is 0 Å². The molecule has 2 aliphatic carbocycles. The molecular weight excluding hydrogens is 298 g/mol. The SMILES string of the molecule is CCNC(=NCc1c(C)nn(C)c1C)NC1CC1C1CCCCC1. The quantitative estimate of drug-likeness (QED) is 0.644. The normalized spacial score (nSPS) is 24.9. The zero-order valence-electron chi connectivity index (χ0n) is 15.7. The van der Waals surface area contributed by atoms with Gasteiger partial charge in [-0.15, -0.1) is 0 Å². The zero-order valence-corrected chi connectivity index (χ0v) is 15.7. The molecule has 5 nitrogen and oxygen atoms in total. The molecule has 5 heteroatoms. The fourth-order valence-corrected chi connectivity index (χ4v) is 4.16. The van der Waals surface area contributed by atoms with Gasteiger partial charge in [0.2, 0.25) is 0 Å². The third-order valence-corrected chi connectivity index (χ3v) is 5.82. The first-order valence-corrected chi connectivity index (χ1v) is 9.64. The van der Waals surface area contributed by atoms with E-state index in [1.165, 1.54) is 49.8 Å². The lowest BCUT2D eigenvalue weighted by Crippen LogP contribution is -2.39. The van der Waals surface area contributed by atoms with E-state index in [0.29, 0.717) is 12.6 Å². The minimum atomic E-state index is 0.627. The van der Waals surface area contributed by atoms with E-state index in [1.54, 1.807) is 0 Å². The van der Waals surface area contributed by atoms with Gasteiger partial charge in [0.1, 0.15) is 0 Å². The van der Waals surface area contributed by atoms with Crippen LogP contribution in [0.5, 0.6) is 0 Å². The van der Waals surface area contributed by atoms with E-state index in [9.17, 15) is 0 Å². The topological polar surface area (TPSA) is 54.2 Å². The maximum absolute atomic E-state index is 4.82. The van der Waals surface area contributed by atoms with Gasteiger partial charge in [-0.3, -0.25) is 4.68 Å². The molecule has 2 fully saturated rings. The van der Waals surface area contributed by atoms with Gasteiger partial charge in [-0.2, -0.15) is 5.10 Å². The fraction of sp³-hybridized carbons (Fsp3) is 0.789. The van der Waals surface area contributed by atoms with Crippen LogP contribution in [0.4, 0.5) is 0 Å². The number of guanidine groups is 1. The Morgan fingerprint density at radius 3 is 2.62 bits per heavy atom. The van der Waals surface area contributed by atoms with E-state index in [-0.39, 0.29) is 0 Å². The molecule has 1 heterocycles. The molecule has 0 bridgehead atoms. The number of nitrogens with one attached hydrogen (secondary N) is 2. The third kappa shape index (κ3) is 3.93. The summed E-state index contributed by atoms with van der Waals surface area (Å²) in [6.45, 7) is 7.91. The van der Waals surface area contributed by atoms with Crippen molar-refractivity contribution in [3.05, 3.63) is 17.0 Å². The Morgan fingerprint density at radius 1 is 1.25 bits per heavy atom. The molecule has 0 amide bonds. The molecule has 134 valence electrons. The van der Waals surface area contributed by atoms with Crippen LogP contribution in [0.3, 0.4) is 0 Å². The predicted molar refractivity (Wildman–Crippen MR) is 99.1 cm³/mol. The monoisotopic (exact) mass is 331 g/mol. The number of rotatable bonds is 5. The van der Waals surface area contributed by atoms with Crippen LogP contribution in [0.25, 0.3) is 0 Å². The maximum atomic E-state index is 4.82. The number of aromatic nitrogens is 2. The summed E-state index contributed by atoms with van der Waals surface area (Å²) in [4.78, 5) is 4.82. The summed E-state index contributed by atoms with van der Waals surface area (Å²) in [6, 6.07) is 0.627. The van der Waals surface area contributed by atoms with Gasteiger partial charge < -0.3 is 10.6 Å². The van der Waals surface area contributed by atoms with Crippen molar-refractivity contribution in [2.75, 3.05) is 6.54 Å². The summed E-state index contributed by atoms with van der Waals surface area (Å²) in [5.41, 5.74) is 3.54. The number of hydrogen-bond acceptors (Lipinski definition) is 2. The second kappa shape index (κ2) is 7.58. The Bertz CT molecular complexity index is 583. The van der Waals surface area contributed by atoms with Crippen LogP contribution in [0, 0.1) is 25.7 Å². The second-order valence-electron chi connectivity index (χ2n) is 7.52. The van der Waals surface area contributed by atoms with E-state index in [0.717, 1.165) is 30.0 Å². The van der Waals surface area contributed by atoms with Crippen molar-refractivity contribution in [3.8, 4) is 0 Å². The molecule has 0 radical (unpaired) electrons. The summed E-state index contributed by atoms with van der Waals surface area (Å²) in [6.07, 6.45) is 8.49. The van der Waals surface area contributed by atoms with Crippen molar-refractivity contribution in [3.63, 3.8) is 0 Å². The highest BCUT2D eigenvalue weighted by Gasteiger charge is 2.43. The lowest BCUT2D eigenvalue weighted by molar-refractivity contribution is 0.315. The Labute approximate surface area is 146 Å². The van der Waals surface area contributed by atoms with Crippen LogP contribution in [-0.4, -0.2) is 28.3 Å². The van der Waals surface area contributed by atoms with Gasteiger partial charge in [0, 0.05) is 30.9 Å². The van der Waals surface area contributed by atoms with Crippen molar-refractivity contribution >= 4 is 5.96 Å².